The third-order valence-electron chi connectivity index (χ3n) is 4.07. The van der Waals surface area contributed by atoms with Crippen molar-refractivity contribution in [2.75, 3.05) is 10.0 Å². The lowest BCUT2D eigenvalue weighted by molar-refractivity contribution is -0.115. The number of benzene rings is 3. The van der Waals surface area contributed by atoms with Crippen molar-refractivity contribution >= 4 is 27.3 Å². The maximum atomic E-state index is 13.0. The van der Waals surface area contributed by atoms with Crippen LogP contribution in [0.25, 0.3) is 0 Å². The molecule has 10 heteroatoms. The van der Waals surface area contributed by atoms with E-state index in [-0.39, 0.29) is 28.4 Å². The average molecular weight is 450 g/mol. The van der Waals surface area contributed by atoms with E-state index in [1.165, 1.54) is 30.3 Å². The van der Waals surface area contributed by atoms with Gasteiger partial charge < -0.3 is 10.1 Å². The molecule has 31 heavy (non-hydrogen) atoms. The fourth-order valence-electron chi connectivity index (χ4n) is 2.67. The Balaban J connectivity index is 1.63. The molecule has 6 nitrogen and oxygen atoms in total. The van der Waals surface area contributed by atoms with Gasteiger partial charge in [-0.3, -0.25) is 9.52 Å². The van der Waals surface area contributed by atoms with Crippen LogP contribution in [0, 0.1) is 5.82 Å². The molecule has 3 aromatic carbocycles. The number of anilines is 2. The van der Waals surface area contributed by atoms with E-state index < -0.39 is 28.4 Å². The monoisotopic (exact) mass is 450 g/mol. The van der Waals surface area contributed by atoms with Gasteiger partial charge in [-0.25, -0.2) is 12.8 Å². The first-order chi connectivity index (χ1) is 14.7. The summed E-state index contributed by atoms with van der Waals surface area (Å²) >= 11 is 0. The average Bonchev–Trinajstić information content (AvgIpc) is 2.71. The molecule has 3 aromatic rings. The van der Waals surface area contributed by atoms with Gasteiger partial charge >= 0.3 is 6.61 Å². The number of carbonyl (C=O) groups excluding carboxylic acids is 1. The number of hydrogen-bond acceptors (Lipinski definition) is 4. The molecule has 0 aliphatic carbocycles. The standard InChI is InChI=1S/C21H17F3N2O4S/c22-15-7-11-17(12-8-15)31(28,29)26-16-9-5-14(6-10-16)13-20(27)25-18-3-1-2-4-19(18)30-21(23)24/h1-12,21,26H,13H2,(H,25,27). The topological polar surface area (TPSA) is 84.5 Å². The molecule has 0 aliphatic rings. The molecule has 2 N–H and O–H groups in total. The highest BCUT2D eigenvalue weighted by molar-refractivity contribution is 7.92. The van der Waals surface area contributed by atoms with Gasteiger partial charge in [0.05, 0.1) is 17.0 Å². The van der Waals surface area contributed by atoms with Crippen LogP contribution in [-0.2, 0) is 21.2 Å². The Hall–Kier alpha value is -3.53. The zero-order valence-corrected chi connectivity index (χ0v) is 16.7. The van der Waals surface area contributed by atoms with Crippen LogP contribution in [0.5, 0.6) is 5.75 Å². The number of carbonyl (C=O) groups is 1. The number of para-hydroxylation sites is 2. The van der Waals surface area contributed by atoms with Crippen molar-refractivity contribution in [1.29, 1.82) is 0 Å². The second-order valence-electron chi connectivity index (χ2n) is 6.36. The van der Waals surface area contributed by atoms with Gasteiger partial charge in [-0.05, 0) is 54.1 Å². The van der Waals surface area contributed by atoms with Crippen LogP contribution < -0.4 is 14.8 Å². The van der Waals surface area contributed by atoms with Gasteiger partial charge in [0.2, 0.25) is 5.91 Å². The number of ether oxygens (including phenoxy) is 1. The van der Waals surface area contributed by atoms with Crippen LogP contribution in [-0.4, -0.2) is 20.9 Å². The lowest BCUT2D eigenvalue weighted by atomic mass is 10.1. The molecule has 0 saturated carbocycles. The van der Waals surface area contributed by atoms with Gasteiger partial charge in [-0.1, -0.05) is 24.3 Å². The van der Waals surface area contributed by atoms with Gasteiger partial charge in [0, 0.05) is 5.69 Å². The molecule has 0 aromatic heterocycles. The summed E-state index contributed by atoms with van der Waals surface area (Å²) in [7, 11) is -3.89. The van der Waals surface area contributed by atoms with Crippen LogP contribution in [0.15, 0.2) is 77.7 Å². The predicted molar refractivity (Wildman–Crippen MR) is 109 cm³/mol. The molecule has 1 amide bonds. The molecule has 0 saturated heterocycles. The Bertz CT molecular complexity index is 1150. The number of rotatable bonds is 8. The molecule has 0 fully saturated rings. The summed E-state index contributed by atoms with van der Waals surface area (Å²) in [6.45, 7) is -3.02. The summed E-state index contributed by atoms with van der Waals surface area (Å²) in [5.41, 5.74) is 0.926. The Morgan fingerprint density at radius 3 is 2.23 bits per heavy atom. The van der Waals surface area contributed by atoms with Gasteiger partial charge in [0.1, 0.15) is 11.6 Å². The highest BCUT2D eigenvalue weighted by Crippen LogP contribution is 2.25. The molecule has 0 unspecified atom stereocenters. The summed E-state index contributed by atoms with van der Waals surface area (Å²) in [6.07, 6.45) is -0.0754. The Kier molecular flexibility index (Phi) is 6.81. The van der Waals surface area contributed by atoms with E-state index in [1.807, 2.05) is 0 Å². The number of amides is 1. The van der Waals surface area contributed by atoms with Crippen molar-refractivity contribution in [2.45, 2.75) is 17.9 Å². The summed E-state index contributed by atoms with van der Waals surface area (Å²) < 4.78 is 69.3. The largest absolute Gasteiger partial charge is 0.433 e. The summed E-state index contributed by atoms with van der Waals surface area (Å²) in [5, 5.41) is 2.50. The minimum absolute atomic E-state index is 0.0754. The molecule has 0 bridgehead atoms. The van der Waals surface area contributed by atoms with Crippen molar-refractivity contribution in [3.05, 3.63) is 84.2 Å². The zero-order valence-electron chi connectivity index (χ0n) is 15.9. The minimum Gasteiger partial charge on any atom is -0.433 e. The van der Waals surface area contributed by atoms with Crippen LogP contribution in [0.3, 0.4) is 0 Å². The number of halogens is 3. The molecule has 162 valence electrons. The number of alkyl halides is 2. The first-order valence-corrected chi connectivity index (χ1v) is 10.4. The molecule has 0 spiro atoms. The Morgan fingerprint density at radius 1 is 0.935 bits per heavy atom. The smallest absolute Gasteiger partial charge is 0.387 e. The van der Waals surface area contributed by atoms with Crippen molar-refractivity contribution in [3.8, 4) is 5.75 Å². The summed E-state index contributed by atoms with van der Waals surface area (Å²) in [6, 6.07) is 16.2. The van der Waals surface area contributed by atoms with E-state index in [0.717, 1.165) is 24.3 Å². The molecule has 0 atom stereocenters. The second kappa shape index (κ2) is 9.52. The first kappa shape index (κ1) is 22.2. The van der Waals surface area contributed by atoms with E-state index >= 15 is 0 Å². The van der Waals surface area contributed by atoms with Crippen molar-refractivity contribution in [1.82, 2.24) is 0 Å². The second-order valence-corrected chi connectivity index (χ2v) is 8.04. The lowest BCUT2D eigenvalue weighted by Crippen LogP contribution is -2.16. The fraction of sp³-hybridized carbons (Fsp3) is 0.0952. The van der Waals surface area contributed by atoms with Crippen molar-refractivity contribution < 1.29 is 31.1 Å². The summed E-state index contributed by atoms with van der Waals surface area (Å²) in [4.78, 5) is 12.2. The molecule has 0 aliphatic heterocycles. The van der Waals surface area contributed by atoms with Crippen molar-refractivity contribution in [3.63, 3.8) is 0 Å². The molecule has 0 radical (unpaired) electrons. The highest BCUT2D eigenvalue weighted by atomic mass is 32.2. The third-order valence-corrected chi connectivity index (χ3v) is 5.47. The van der Waals surface area contributed by atoms with Gasteiger partial charge in [-0.2, -0.15) is 8.78 Å². The van der Waals surface area contributed by atoms with Crippen LogP contribution in [0.4, 0.5) is 24.5 Å². The first-order valence-electron chi connectivity index (χ1n) is 8.94. The zero-order chi connectivity index (χ0) is 22.4. The van der Waals surface area contributed by atoms with Gasteiger partial charge in [0.25, 0.3) is 10.0 Å². The third kappa shape index (κ3) is 6.22. The van der Waals surface area contributed by atoms with E-state index in [9.17, 15) is 26.4 Å². The van der Waals surface area contributed by atoms with E-state index in [2.05, 4.69) is 14.8 Å². The normalized spacial score (nSPS) is 11.2. The molecular formula is C21H17F3N2O4S. The van der Waals surface area contributed by atoms with Gasteiger partial charge in [0.15, 0.2) is 0 Å². The minimum atomic E-state index is -3.89. The number of hydrogen-bond donors (Lipinski definition) is 2. The lowest BCUT2D eigenvalue weighted by Gasteiger charge is -2.12. The number of sulfonamides is 1. The van der Waals surface area contributed by atoms with E-state index in [4.69, 9.17) is 0 Å². The van der Waals surface area contributed by atoms with E-state index in [0.29, 0.717) is 5.56 Å². The van der Waals surface area contributed by atoms with Crippen LogP contribution >= 0.6 is 0 Å². The van der Waals surface area contributed by atoms with E-state index in [1.54, 1.807) is 18.2 Å². The molecular weight excluding hydrogens is 433 g/mol. The van der Waals surface area contributed by atoms with Crippen LogP contribution in [0.2, 0.25) is 0 Å². The molecule has 0 heterocycles. The summed E-state index contributed by atoms with van der Waals surface area (Å²) in [5.74, 6) is -1.17. The maximum absolute atomic E-state index is 13.0. The number of nitrogens with one attached hydrogen (secondary N) is 2. The predicted octanol–water partition coefficient (Wildman–Crippen LogP) is 4.41. The Labute approximate surface area is 176 Å². The Morgan fingerprint density at radius 2 is 1.58 bits per heavy atom. The molecule has 3 rings (SSSR count). The SMILES string of the molecule is O=C(Cc1ccc(NS(=O)(=O)c2ccc(F)cc2)cc1)Nc1ccccc1OC(F)F. The van der Waals surface area contributed by atoms with Crippen LogP contribution in [0.1, 0.15) is 5.56 Å². The van der Waals surface area contributed by atoms with Gasteiger partial charge in [-0.15, -0.1) is 0 Å². The quantitative estimate of drug-likeness (QED) is 0.533. The fourth-order valence-corrected chi connectivity index (χ4v) is 3.73. The van der Waals surface area contributed by atoms with Crippen molar-refractivity contribution in [2.24, 2.45) is 0 Å². The highest BCUT2D eigenvalue weighted by Gasteiger charge is 2.15. The maximum Gasteiger partial charge on any atom is 0.387 e.